The van der Waals surface area contributed by atoms with Gasteiger partial charge in [-0.25, -0.2) is 4.39 Å². The Hall–Kier alpha value is -1.13. The van der Waals surface area contributed by atoms with Gasteiger partial charge in [0.2, 0.25) is 0 Å². The lowest BCUT2D eigenvalue weighted by Crippen LogP contribution is -2.28. The Labute approximate surface area is 98.3 Å². The first-order chi connectivity index (χ1) is 7.40. The maximum Gasteiger partial charge on any atom is 0.183 e. The van der Waals surface area contributed by atoms with Crippen molar-refractivity contribution in [2.24, 2.45) is 5.73 Å². The maximum absolute atomic E-state index is 13.5. The van der Waals surface area contributed by atoms with Crippen LogP contribution in [0.15, 0.2) is 6.07 Å². The van der Waals surface area contributed by atoms with Gasteiger partial charge in [-0.3, -0.25) is 4.79 Å². The summed E-state index contributed by atoms with van der Waals surface area (Å²) in [5.74, 6) is -1.16. The summed E-state index contributed by atoms with van der Waals surface area (Å²) in [6.45, 7) is 3.15. The molecule has 0 saturated heterocycles. The van der Waals surface area contributed by atoms with Gasteiger partial charge in [0.15, 0.2) is 17.3 Å². The number of halogens is 2. The van der Waals surface area contributed by atoms with Gasteiger partial charge in [-0.15, -0.1) is 0 Å². The molecule has 1 unspecified atom stereocenters. The first kappa shape index (κ1) is 12.9. The number of ketones is 1. The molecule has 0 aliphatic heterocycles. The number of hydrogen-bond donors (Lipinski definition) is 1. The van der Waals surface area contributed by atoms with Crippen molar-refractivity contribution in [1.82, 2.24) is 0 Å². The van der Waals surface area contributed by atoms with Gasteiger partial charge in [-0.05, 0) is 25.5 Å². The third-order valence-corrected chi connectivity index (χ3v) is 2.69. The number of carbonyl (C=O) groups excluding carboxylic acids is 1. The van der Waals surface area contributed by atoms with Crippen LogP contribution in [0.4, 0.5) is 4.39 Å². The molecular formula is C11H13ClFNO2. The molecule has 0 amide bonds. The van der Waals surface area contributed by atoms with Gasteiger partial charge < -0.3 is 10.5 Å². The summed E-state index contributed by atoms with van der Waals surface area (Å²) in [5.41, 5.74) is 6.08. The van der Waals surface area contributed by atoms with Crippen LogP contribution in [-0.2, 0) is 0 Å². The summed E-state index contributed by atoms with van der Waals surface area (Å²) in [4.78, 5) is 11.8. The van der Waals surface area contributed by atoms with Gasteiger partial charge >= 0.3 is 0 Å². The lowest BCUT2D eigenvalue weighted by atomic mass is 9.99. The second-order valence-corrected chi connectivity index (χ2v) is 3.93. The second-order valence-electron chi connectivity index (χ2n) is 3.53. The summed E-state index contributed by atoms with van der Waals surface area (Å²) in [6, 6.07) is 0.388. The molecule has 5 heteroatoms. The van der Waals surface area contributed by atoms with Crippen molar-refractivity contribution in [3.05, 3.63) is 28.0 Å². The highest BCUT2D eigenvalue weighted by molar-refractivity contribution is 6.32. The van der Waals surface area contributed by atoms with E-state index in [1.165, 1.54) is 14.0 Å². The van der Waals surface area contributed by atoms with E-state index in [-0.39, 0.29) is 16.3 Å². The fraction of sp³-hybridized carbons (Fsp3) is 0.364. The zero-order valence-electron chi connectivity index (χ0n) is 9.30. The first-order valence-electron chi connectivity index (χ1n) is 4.72. The van der Waals surface area contributed by atoms with Crippen LogP contribution in [0.1, 0.15) is 22.8 Å². The fourth-order valence-corrected chi connectivity index (χ4v) is 1.61. The molecule has 1 aromatic carbocycles. The number of benzene rings is 1. The molecule has 0 radical (unpaired) electrons. The molecule has 0 aromatic heterocycles. The van der Waals surface area contributed by atoms with Gasteiger partial charge in [-0.1, -0.05) is 11.6 Å². The van der Waals surface area contributed by atoms with Crippen molar-refractivity contribution >= 4 is 17.4 Å². The Morgan fingerprint density at radius 2 is 2.19 bits per heavy atom. The first-order valence-corrected chi connectivity index (χ1v) is 5.10. The van der Waals surface area contributed by atoms with E-state index in [2.05, 4.69) is 0 Å². The normalized spacial score (nSPS) is 12.4. The zero-order valence-corrected chi connectivity index (χ0v) is 10.1. The molecule has 0 aliphatic rings. The van der Waals surface area contributed by atoms with Crippen LogP contribution >= 0.6 is 11.6 Å². The maximum atomic E-state index is 13.5. The van der Waals surface area contributed by atoms with Crippen molar-refractivity contribution in [1.29, 1.82) is 0 Å². The van der Waals surface area contributed by atoms with E-state index in [1.54, 1.807) is 6.92 Å². The molecule has 0 spiro atoms. The van der Waals surface area contributed by atoms with E-state index >= 15 is 0 Å². The van der Waals surface area contributed by atoms with E-state index in [1.807, 2.05) is 0 Å². The molecule has 1 aromatic rings. The Morgan fingerprint density at radius 1 is 1.62 bits per heavy atom. The Balaban J connectivity index is 3.51. The van der Waals surface area contributed by atoms with E-state index < -0.39 is 17.6 Å². The van der Waals surface area contributed by atoms with Gasteiger partial charge in [0.1, 0.15) is 0 Å². The molecule has 0 heterocycles. The smallest absolute Gasteiger partial charge is 0.183 e. The van der Waals surface area contributed by atoms with E-state index in [0.29, 0.717) is 5.56 Å². The average Bonchev–Trinajstić information content (AvgIpc) is 2.21. The van der Waals surface area contributed by atoms with Crippen LogP contribution in [-0.4, -0.2) is 18.9 Å². The Bertz CT molecular complexity index is 432. The SMILES string of the molecule is COc1c(F)cc(Cl)c(C)c1C(=O)C(C)N. The van der Waals surface area contributed by atoms with Crippen LogP contribution < -0.4 is 10.5 Å². The standard InChI is InChI=1S/C11H13ClFNO2/c1-5-7(12)4-8(13)11(16-3)9(5)10(15)6(2)14/h4,6H,14H2,1-3H3. The van der Waals surface area contributed by atoms with E-state index in [4.69, 9.17) is 22.1 Å². The molecule has 88 valence electrons. The predicted octanol–water partition coefficient (Wildman–Crippen LogP) is 2.33. The van der Waals surface area contributed by atoms with Gasteiger partial charge in [0.25, 0.3) is 0 Å². The minimum Gasteiger partial charge on any atom is -0.493 e. The molecule has 0 fully saturated rings. The van der Waals surface area contributed by atoms with Gasteiger partial charge in [0.05, 0.1) is 18.7 Å². The molecule has 1 atom stereocenters. The Kier molecular flexibility index (Phi) is 3.88. The van der Waals surface area contributed by atoms with E-state index in [0.717, 1.165) is 6.07 Å². The summed E-state index contributed by atoms with van der Waals surface area (Å²) >= 11 is 5.81. The topological polar surface area (TPSA) is 52.3 Å². The predicted molar refractivity (Wildman–Crippen MR) is 60.7 cm³/mol. The minimum absolute atomic E-state index is 0.107. The van der Waals surface area contributed by atoms with Gasteiger partial charge in [-0.2, -0.15) is 0 Å². The second kappa shape index (κ2) is 4.80. The molecule has 3 nitrogen and oxygen atoms in total. The third kappa shape index (κ3) is 2.18. The average molecular weight is 246 g/mol. The van der Waals surface area contributed by atoms with Gasteiger partial charge in [0, 0.05) is 5.02 Å². The minimum atomic E-state index is -0.731. The van der Waals surface area contributed by atoms with Crippen LogP contribution in [0.25, 0.3) is 0 Å². The number of Topliss-reactive ketones (excluding diaryl/α,β-unsaturated/α-hetero) is 1. The third-order valence-electron chi connectivity index (χ3n) is 2.29. The van der Waals surface area contributed by atoms with Crippen molar-refractivity contribution in [2.45, 2.75) is 19.9 Å². The summed E-state index contributed by atoms with van der Waals surface area (Å²) in [6.07, 6.45) is 0. The molecule has 1 rings (SSSR count). The van der Waals surface area contributed by atoms with Crippen molar-refractivity contribution in [3.8, 4) is 5.75 Å². The molecule has 0 saturated carbocycles. The monoisotopic (exact) mass is 245 g/mol. The molecule has 2 N–H and O–H groups in total. The van der Waals surface area contributed by atoms with Crippen LogP contribution in [0.5, 0.6) is 5.75 Å². The number of ether oxygens (including phenoxy) is 1. The summed E-state index contributed by atoms with van der Waals surface area (Å²) < 4.78 is 18.4. The molecule has 16 heavy (non-hydrogen) atoms. The number of hydrogen-bond acceptors (Lipinski definition) is 3. The molecule has 0 aliphatic carbocycles. The highest BCUT2D eigenvalue weighted by Crippen LogP contribution is 2.32. The Morgan fingerprint density at radius 3 is 2.62 bits per heavy atom. The highest BCUT2D eigenvalue weighted by Gasteiger charge is 2.23. The lowest BCUT2D eigenvalue weighted by molar-refractivity contribution is 0.0963. The largest absolute Gasteiger partial charge is 0.493 e. The van der Waals surface area contributed by atoms with Crippen LogP contribution in [0, 0.1) is 12.7 Å². The summed E-state index contributed by atoms with van der Waals surface area (Å²) in [7, 11) is 1.30. The molecule has 0 bridgehead atoms. The van der Waals surface area contributed by atoms with Crippen LogP contribution in [0.2, 0.25) is 5.02 Å². The van der Waals surface area contributed by atoms with Crippen molar-refractivity contribution in [3.63, 3.8) is 0 Å². The van der Waals surface area contributed by atoms with E-state index in [9.17, 15) is 9.18 Å². The lowest BCUT2D eigenvalue weighted by Gasteiger charge is -2.14. The summed E-state index contributed by atoms with van der Waals surface area (Å²) in [5, 5.41) is 0.183. The van der Waals surface area contributed by atoms with Crippen LogP contribution in [0.3, 0.4) is 0 Å². The number of carbonyl (C=O) groups is 1. The van der Waals surface area contributed by atoms with Crippen molar-refractivity contribution < 1.29 is 13.9 Å². The highest BCUT2D eigenvalue weighted by atomic mass is 35.5. The number of rotatable bonds is 3. The quantitative estimate of drug-likeness (QED) is 0.832. The number of methoxy groups -OCH3 is 1. The zero-order chi connectivity index (χ0) is 12.5. The van der Waals surface area contributed by atoms with Crippen molar-refractivity contribution in [2.75, 3.05) is 7.11 Å². The number of nitrogens with two attached hydrogens (primary N) is 1. The fourth-order valence-electron chi connectivity index (χ4n) is 1.42. The molecular weight excluding hydrogens is 233 g/mol.